The van der Waals surface area contributed by atoms with E-state index in [9.17, 15) is 19.4 Å². The first-order valence-corrected chi connectivity index (χ1v) is 24.1. The standard InChI is InChI=1S/C51H83N2O6P/c1-6-8-10-12-14-16-17-18-19-20-21-22-23-24-25-26-27-28-29-30-31-32-33-34-35-37-39-41-43-45-51(55)52-49(48-59-60(56,57)58-47-46-53(3,4)5)50(54)44-42-40-38-36-15-13-11-9-7-2/h8,10,14-16,18-19,21-22,24-25,27-28,30-31,33-34,36-37,39,42,44,49-50,54H,6-7,9,11-13,17,20,23,26,29,32,35,38,40-41,43,45-48H2,1-5H3,(H-,52,55,56,57)/p+1/b10-8-,16-14-,19-18-,22-21-,25-24-,28-27-,31-30-,34-33-,36-15+,39-37-,44-42+. The average molecular weight is 852 g/mol. The fraction of sp³-hybridized carbons (Fsp3) is 0.549. The number of carbonyl (C=O) groups is 1. The molecule has 0 aliphatic heterocycles. The maximum atomic E-state index is 12.8. The minimum Gasteiger partial charge on any atom is -0.387 e. The van der Waals surface area contributed by atoms with E-state index in [1.54, 1.807) is 6.08 Å². The Labute approximate surface area is 366 Å². The summed E-state index contributed by atoms with van der Waals surface area (Å²) in [6.07, 6.45) is 62.7. The second-order valence-corrected chi connectivity index (χ2v) is 17.1. The van der Waals surface area contributed by atoms with Crippen molar-refractivity contribution in [3.8, 4) is 0 Å². The number of hydrogen-bond acceptors (Lipinski definition) is 5. The summed E-state index contributed by atoms with van der Waals surface area (Å²) < 4.78 is 23.4. The number of rotatable bonds is 38. The van der Waals surface area contributed by atoms with E-state index in [1.165, 1.54) is 19.3 Å². The maximum Gasteiger partial charge on any atom is 0.472 e. The molecule has 0 bridgehead atoms. The van der Waals surface area contributed by atoms with Gasteiger partial charge < -0.3 is 19.8 Å². The van der Waals surface area contributed by atoms with Crippen LogP contribution in [0.4, 0.5) is 0 Å². The Morgan fingerprint density at radius 2 is 1.00 bits per heavy atom. The van der Waals surface area contributed by atoms with Crippen molar-refractivity contribution in [1.82, 2.24) is 5.32 Å². The normalized spacial score (nSPS) is 15.5. The number of amides is 1. The summed E-state index contributed by atoms with van der Waals surface area (Å²) in [5.74, 6) is -0.256. The Morgan fingerprint density at radius 3 is 1.47 bits per heavy atom. The van der Waals surface area contributed by atoms with Crippen molar-refractivity contribution in [2.24, 2.45) is 0 Å². The molecule has 0 rings (SSSR count). The summed E-state index contributed by atoms with van der Waals surface area (Å²) in [6, 6.07) is -0.902. The maximum absolute atomic E-state index is 12.8. The van der Waals surface area contributed by atoms with Crippen LogP contribution in [0.3, 0.4) is 0 Å². The molecule has 338 valence electrons. The summed E-state index contributed by atoms with van der Waals surface area (Å²) in [5.41, 5.74) is 0. The first-order valence-electron chi connectivity index (χ1n) is 22.6. The molecule has 3 atom stereocenters. The Kier molecular flexibility index (Phi) is 38.7. The van der Waals surface area contributed by atoms with Crippen molar-refractivity contribution in [2.75, 3.05) is 40.9 Å². The van der Waals surface area contributed by atoms with Crippen molar-refractivity contribution >= 4 is 13.7 Å². The molecule has 0 aromatic carbocycles. The highest BCUT2D eigenvalue weighted by Gasteiger charge is 2.27. The van der Waals surface area contributed by atoms with Crippen molar-refractivity contribution in [3.63, 3.8) is 0 Å². The highest BCUT2D eigenvalue weighted by atomic mass is 31.2. The van der Waals surface area contributed by atoms with Gasteiger partial charge in [0, 0.05) is 6.42 Å². The van der Waals surface area contributed by atoms with E-state index >= 15 is 0 Å². The third-order valence-corrected chi connectivity index (χ3v) is 9.84. The van der Waals surface area contributed by atoms with Gasteiger partial charge in [-0.25, -0.2) is 4.57 Å². The summed E-state index contributed by atoms with van der Waals surface area (Å²) in [4.78, 5) is 23.0. The van der Waals surface area contributed by atoms with Crippen LogP contribution in [0.15, 0.2) is 134 Å². The third-order valence-electron chi connectivity index (χ3n) is 8.85. The number of quaternary nitrogens is 1. The number of nitrogens with one attached hydrogen (secondary N) is 1. The van der Waals surface area contributed by atoms with E-state index < -0.39 is 20.0 Å². The van der Waals surface area contributed by atoms with Gasteiger partial charge in [-0.15, -0.1) is 0 Å². The molecule has 0 aliphatic carbocycles. The van der Waals surface area contributed by atoms with E-state index in [1.807, 2.05) is 27.2 Å². The number of aliphatic hydroxyl groups is 1. The molecule has 0 fully saturated rings. The number of phosphoric acid groups is 1. The number of phosphoric ester groups is 1. The highest BCUT2D eigenvalue weighted by molar-refractivity contribution is 7.47. The predicted molar refractivity (Wildman–Crippen MR) is 258 cm³/mol. The fourth-order valence-corrected chi connectivity index (χ4v) is 6.03. The minimum atomic E-state index is -4.37. The van der Waals surface area contributed by atoms with Crippen LogP contribution in [-0.4, -0.2) is 73.4 Å². The van der Waals surface area contributed by atoms with Crippen LogP contribution in [0.1, 0.15) is 129 Å². The Morgan fingerprint density at radius 1 is 0.583 bits per heavy atom. The van der Waals surface area contributed by atoms with Gasteiger partial charge in [0.25, 0.3) is 0 Å². The molecule has 0 aromatic heterocycles. The zero-order chi connectivity index (χ0) is 44.3. The molecule has 0 spiro atoms. The number of carbonyl (C=O) groups excluding carboxylic acids is 1. The van der Waals surface area contributed by atoms with Gasteiger partial charge in [0.1, 0.15) is 13.2 Å². The van der Waals surface area contributed by atoms with Crippen LogP contribution in [-0.2, 0) is 18.4 Å². The topological polar surface area (TPSA) is 105 Å². The van der Waals surface area contributed by atoms with Gasteiger partial charge in [0.05, 0.1) is 39.9 Å². The summed E-state index contributed by atoms with van der Waals surface area (Å²) in [5, 5.41) is 13.7. The second-order valence-electron chi connectivity index (χ2n) is 15.7. The summed E-state index contributed by atoms with van der Waals surface area (Å²) in [6.45, 7) is 4.53. The molecular weight excluding hydrogens is 768 g/mol. The molecule has 9 heteroatoms. The Balaban J connectivity index is 4.41. The SMILES string of the molecule is CC/C=C\C/C=C\C/C=C\C/C=C\C/C=C\C/C=C\C/C=C\C/C=C\C/C=C\CCCC(=O)NC(COP(=O)(O)OCC[N+](C)(C)C)C(O)/C=C/CC/C=C/CCCCC. The molecule has 0 aromatic rings. The highest BCUT2D eigenvalue weighted by Crippen LogP contribution is 2.43. The van der Waals surface area contributed by atoms with Crippen molar-refractivity contribution in [1.29, 1.82) is 0 Å². The lowest BCUT2D eigenvalue weighted by atomic mass is 10.1. The number of likely N-dealkylation sites (N-methyl/N-ethyl adjacent to an activating group) is 1. The van der Waals surface area contributed by atoms with Crippen molar-refractivity contribution in [3.05, 3.63) is 134 Å². The number of allylic oxidation sites excluding steroid dienone is 21. The van der Waals surface area contributed by atoms with Gasteiger partial charge in [-0.3, -0.25) is 13.8 Å². The van der Waals surface area contributed by atoms with Gasteiger partial charge >= 0.3 is 7.82 Å². The van der Waals surface area contributed by atoms with Crippen LogP contribution >= 0.6 is 7.82 Å². The van der Waals surface area contributed by atoms with E-state index in [2.05, 4.69) is 141 Å². The molecule has 1 amide bonds. The lowest BCUT2D eigenvalue weighted by Crippen LogP contribution is -2.45. The summed E-state index contributed by atoms with van der Waals surface area (Å²) in [7, 11) is 1.49. The molecule has 0 aliphatic rings. The van der Waals surface area contributed by atoms with Crippen LogP contribution in [0.2, 0.25) is 0 Å². The number of unbranched alkanes of at least 4 members (excludes halogenated alkanes) is 5. The molecule has 0 heterocycles. The molecular formula is C51H84N2O6P+. The number of hydrogen-bond donors (Lipinski definition) is 3. The lowest BCUT2D eigenvalue weighted by molar-refractivity contribution is -0.870. The molecule has 0 saturated carbocycles. The first kappa shape index (κ1) is 56.6. The molecule has 3 unspecified atom stereocenters. The van der Waals surface area contributed by atoms with Crippen LogP contribution in [0, 0.1) is 0 Å². The zero-order valence-corrected chi connectivity index (χ0v) is 39.0. The Bertz CT molecular complexity index is 1430. The van der Waals surface area contributed by atoms with Crippen LogP contribution in [0.5, 0.6) is 0 Å². The van der Waals surface area contributed by atoms with E-state index in [0.717, 1.165) is 83.5 Å². The van der Waals surface area contributed by atoms with Crippen LogP contribution in [0.25, 0.3) is 0 Å². The molecule has 0 saturated heterocycles. The Hall–Kier alpha value is -3.36. The first-order chi connectivity index (χ1) is 29.0. The second kappa shape index (κ2) is 41.0. The monoisotopic (exact) mass is 852 g/mol. The van der Waals surface area contributed by atoms with E-state index in [0.29, 0.717) is 17.4 Å². The van der Waals surface area contributed by atoms with E-state index in [-0.39, 0.29) is 25.5 Å². The van der Waals surface area contributed by atoms with Crippen molar-refractivity contribution in [2.45, 2.75) is 142 Å². The van der Waals surface area contributed by atoms with Crippen LogP contribution < -0.4 is 5.32 Å². The van der Waals surface area contributed by atoms with Gasteiger partial charge in [0.2, 0.25) is 5.91 Å². The third kappa shape index (κ3) is 42.8. The number of nitrogens with zero attached hydrogens (tertiary/aromatic N) is 1. The molecule has 0 radical (unpaired) electrons. The smallest absolute Gasteiger partial charge is 0.387 e. The quantitative estimate of drug-likeness (QED) is 0.0247. The van der Waals surface area contributed by atoms with Gasteiger partial charge in [0.15, 0.2) is 0 Å². The molecule has 8 nitrogen and oxygen atoms in total. The zero-order valence-electron chi connectivity index (χ0n) is 38.1. The average Bonchev–Trinajstić information content (AvgIpc) is 3.20. The van der Waals surface area contributed by atoms with Gasteiger partial charge in [-0.1, -0.05) is 160 Å². The minimum absolute atomic E-state index is 0.0365. The predicted octanol–water partition coefficient (Wildman–Crippen LogP) is 12.9. The number of aliphatic hydroxyl groups excluding tert-OH is 1. The molecule has 60 heavy (non-hydrogen) atoms. The lowest BCUT2D eigenvalue weighted by Gasteiger charge is -2.25. The van der Waals surface area contributed by atoms with Gasteiger partial charge in [-0.2, -0.15) is 0 Å². The fourth-order valence-electron chi connectivity index (χ4n) is 5.29. The van der Waals surface area contributed by atoms with Crippen molar-refractivity contribution < 1.29 is 32.9 Å². The largest absolute Gasteiger partial charge is 0.472 e. The molecule has 3 N–H and O–H groups in total. The summed E-state index contributed by atoms with van der Waals surface area (Å²) >= 11 is 0. The van der Waals surface area contributed by atoms with E-state index in [4.69, 9.17) is 9.05 Å². The van der Waals surface area contributed by atoms with Gasteiger partial charge in [-0.05, 0) is 96.3 Å².